The largest absolute Gasteiger partial charge is 0.492 e. The summed E-state index contributed by atoms with van der Waals surface area (Å²) in [5, 5.41) is 3.44. The highest BCUT2D eigenvalue weighted by Crippen LogP contribution is 2.28. The highest BCUT2D eigenvalue weighted by atomic mass is 16.5. The predicted octanol–water partition coefficient (Wildman–Crippen LogP) is 3.97. The maximum atomic E-state index is 5.89. The maximum Gasteiger partial charge on any atom is 0.122 e. The van der Waals surface area contributed by atoms with Crippen molar-refractivity contribution in [2.75, 3.05) is 13.2 Å². The fraction of sp³-hybridized carbons (Fsp3) is 0.625. The lowest BCUT2D eigenvalue weighted by Gasteiger charge is -2.16. The molecule has 2 unspecified atom stereocenters. The molecule has 1 aromatic carbocycles. The van der Waals surface area contributed by atoms with Crippen LogP contribution in [0.3, 0.4) is 0 Å². The normalized spacial score (nSPS) is 14.2. The molecule has 1 aromatic rings. The van der Waals surface area contributed by atoms with Gasteiger partial charge in [-0.25, -0.2) is 0 Å². The van der Waals surface area contributed by atoms with Gasteiger partial charge in [-0.05, 0) is 37.3 Å². The summed E-state index contributed by atoms with van der Waals surface area (Å²) in [7, 11) is 0. The summed E-state index contributed by atoms with van der Waals surface area (Å²) in [5.74, 6) is 1.60. The first-order chi connectivity index (χ1) is 8.69. The molecular weight excluding hydrogens is 222 g/mol. The van der Waals surface area contributed by atoms with Crippen LogP contribution in [0, 0.1) is 0 Å². The SMILES string of the molecule is CCC(C)NCCOc1ccccc1C(C)CC. The molecule has 0 aliphatic heterocycles. The molecule has 2 heteroatoms. The van der Waals surface area contributed by atoms with E-state index in [2.05, 4.69) is 51.2 Å². The van der Waals surface area contributed by atoms with Crippen LogP contribution in [0.25, 0.3) is 0 Å². The van der Waals surface area contributed by atoms with Gasteiger partial charge in [0.25, 0.3) is 0 Å². The van der Waals surface area contributed by atoms with Crippen LogP contribution in [0.5, 0.6) is 5.75 Å². The predicted molar refractivity (Wildman–Crippen MR) is 78.4 cm³/mol. The van der Waals surface area contributed by atoms with Crippen LogP contribution in [-0.4, -0.2) is 19.2 Å². The summed E-state index contributed by atoms with van der Waals surface area (Å²) in [6.45, 7) is 10.5. The monoisotopic (exact) mass is 249 g/mol. The lowest BCUT2D eigenvalue weighted by atomic mass is 9.98. The quantitative estimate of drug-likeness (QED) is 0.704. The first-order valence-corrected chi connectivity index (χ1v) is 7.14. The Bertz CT molecular complexity index is 338. The van der Waals surface area contributed by atoms with Gasteiger partial charge < -0.3 is 10.1 Å². The summed E-state index contributed by atoms with van der Waals surface area (Å²) < 4.78 is 5.89. The lowest BCUT2D eigenvalue weighted by Crippen LogP contribution is -2.29. The minimum Gasteiger partial charge on any atom is -0.492 e. The van der Waals surface area contributed by atoms with E-state index in [1.165, 1.54) is 5.56 Å². The minimum absolute atomic E-state index is 0.559. The van der Waals surface area contributed by atoms with Crippen molar-refractivity contribution in [2.45, 2.75) is 52.5 Å². The van der Waals surface area contributed by atoms with Gasteiger partial charge in [-0.2, -0.15) is 0 Å². The molecule has 2 atom stereocenters. The molecule has 0 spiro atoms. The number of para-hydroxylation sites is 1. The Balaban J connectivity index is 2.46. The van der Waals surface area contributed by atoms with E-state index in [1.54, 1.807) is 0 Å². The minimum atomic E-state index is 0.559. The lowest BCUT2D eigenvalue weighted by molar-refractivity contribution is 0.301. The van der Waals surface area contributed by atoms with Gasteiger partial charge in [0.15, 0.2) is 0 Å². The van der Waals surface area contributed by atoms with Crippen molar-refractivity contribution in [3.8, 4) is 5.75 Å². The van der Waals surface area contributed by atoms with Crippen molar-refractivity contribution in [2.24, 2.45) is 0 Å². The molecule has 1 rings (SSSR count). The van der Waals surface area contributed by atoms with Crippen LogP contribution < -0.4 is 10.1 Å². The Labute approximate surface area is 112 Å². The maximum absolute atomic E-state index is 5.89. The van der Waals surface area contributed by atoms with Gasteiger partial charge >= 0.3 is 0 Å². The van der Waals surface area contributed by atoms with E-state index in [4.69, 9.17) is 4.74 Å². The molecule has 0 saturated heterocycles. The zero-order chi connectivity index (χ0) is 13.4. The summed E-state index contributed by atoms with van der Waals surface area (Å²) >= 11 is 0. The summed E-state index contributed by atoms with van der Waals surface area (Å²) in [4.78, 5) is 0. The van der Waals surface area contributed by atoms with Gasteiger partial charge in [-0.15, -0.1) is 0 Å². The summed E-state index contributed by atoms with van der Waals surface area (Å²) in [6.07, 6.45) is 2.30. The van der Waals surface area contributed by atoms with Crippen molar-refractivity contribution in [3.05, 3.63) is 29.8 Å². The Kier molecular flexibility index (Phi) is 6.81. The van der Waals surface area contributed by atoms with Gasteiger partial charge in [0.05, 0.1) is 0 Å². The zero-order valence-electron chi connectivity index (χ0n) is 12.2. The molecule has 0 aliphatic carbocycles. The Hall–Kier alpha value is -1.02. The van der Waals surface area contributed by atoms with Crippen LogP contribution in [0.4, 0.5) is 0 Å². The molecule has 18 heavy (non-hydrogen) atoms. The third-order valence-corrected chi connectivity index (χ3v) is 3.53. The van der Waals surface area contributed by atoms with Crippen molar-refractivity contribution in [1.82, 2.24) is 5.32 Å². The zero-order valence-corrected chi connectivity index (χ0v) is 12.2. The Morgan fingerprint density at radius 2 is 1.83 bits per heavy atom. The molecule has 0 fully saturated rings. The third-order valence-electron chi connectivity index (χ3n) is 3.53. The molecule has 0 saturated carbocycles. The summed E-state index contributed by atoms with van der Waals surface area (Å²) in [5.41, 5.74) is 1.32. The molecule has 0 aliphatic rings. The van der Waals surface area contributed by atoms with Crippen molar-refractivity contribution in [1.29, 1.82) is 0 Å². The van der Waals surface area contributed by atoms with Gasteiger partial charge in [-0.3, -0.25) is 0 Å². The smallest absolute Gasteiger partial charge is 0.122 e. The number of nitrogens with one attached hydrogen (secondary N) is 1. The standard InChI is InChI=1S/C16H27NO/c1-5-13(3)15-9-7-8-10-16(15)18-12-11-17-14(4)6-2/h7-10,13-14,17H,5-6,11-12H2,1-4H3. The van der Waals surface area contributed by atoms with Crippen molar-refractivity contribution in [3.63, 3.8) is 0 Å². The average Bonchev–Trinajstić information content (AvgIpc) is 2.42. The van der Waals surface area contributed by atoms with E-state index in [-0.39, 0.29) is 0 Å². The molecule has 0 bridgehead atoms. The number of hydrogen-bond acceptors (Lipinski definition) is 2. The van der Waals surface area contributed by atoms with Crippen molar-refractivity contribution >= 4 is 0 Å². The number of benzene rings is 1. The second kappa shape index (κ2) is 8.15. The van der Waals surface area contributed by atoms with Crippen LogP contribution >= 0.6 is 0 Å². The molecule has 0 radical (unpaired) electrons. The van der Waals surface area contributed by atoms with Crippen LogP contribution in [0.1, 0.15) is 52.0 Å². The number of ether oxygens (including phenoxy) is 1. The van der Waals surface area contributed by atoms with Crippen molar-refractivity contribution < 1.29 is 4.74 Å². The molecular formula is C16H27NO. The van der Waals surface area contributed by atoms with E-state index in [0.29, 0.717) is 12.0 Å². The molecule has 0 aromatic heterocycles. The Morgan fingerprint density at radius 3 is 2.50 bits per heavy atom. The highest BCUT2D eigenvalue weighted by Gasteiger charge is 2.09. The second-order valence-electron chi connectivity index (χ2n) is 4.96. The first-order valence-electron chi connectivity index (χ1n) is 7.14. The van der Waals surface area contributed by atoms with E-state index < -0.39 is 0 Å². The molecule has 102 valence electrons. The first kappa shape index (κ1) is 15.0. The van der Waals surface area contributed by atoms with Gasteiger partial charge in [0.2, 0.25) is 0 Å². The molecule has 0 heterocycles. The molecule has 2 nitrogen and oxygen atoms in total. The van der Waals surface area contributed by atoms with Gasteiger partial charge in [-0.1, -0.05) is 39.0 Å². The van der Waals surface area contributed by atoms with E-state index in [1.807, 2.05) is 6.07 Å². The van der Waals surface area contributed by atoms with Crippen LogP contribution in [0.15, 0.2) is 24.3 Å². The van der Waals surface area contributed by atoms with Crippen LogP contribution in [0.2, 0.25) is 0 Å². The topological polar surface area (TPSA) is 21.3 Å². The van der Waals surface area contributed by atoms with Crippen LogP contribution in [-0.2, 0) is 0 Å². The van der Waals surface area contributed by atoms with Gasteiger partial charge in [0, 0.05) is 12.6 Å². The summed E-state index contributed by atoms with van der Waals surface area (Å²) in [6, 6.07) is 8.95. The van der Waals surface area contributed by atoms with E-state index in [9.17, 15) is 0 Å². The van der Waals surface area contributed by atoms with E-state index in [0.717, 1.165) is 31.7 Å². The molecule has 1 N–H and O–H groups in total. The highest BCUT2D eigenvalue weighted by molar-refractivity contribution is 5.35. The van der Waals surface area contributed by atoms with Gasteiger partial charge in [0.1, 0.15) is 12.4 Å². The molecule has 0 amide bonds. The number of hydrogen-bond donors (Lipinski definition) is 1. The Morgan fingerprint density at radius 1 is 1.11 bits per heavy atom. The van der Waals surface area contributed by atoms with E-state index >= 15 is 0 Å². The fourth-order valence-electron chi connectivity index (χ4n) is 1.85. The second-order valence-corrected chi connectivity index (χ2v) is 4.96. The average molecular weight is 249 g/mol. The number of rotatable bonds is 8. The fourth-order valence-corrected chi connectivity index (χ4v) is 1.85. The third kappa shape index (κ3) is 4.69.